The Morgan fingerprint density at radius 2 is 1.79 bits per heavy atom. The highest BCUT2D eigenvalue weighted by Gasteiger charge is 2.10. The summed E-state index contributed by atoms with van der Waals surface area (Å²) in [5.41, 5.74) is 5.66. The lowest BCUT2D eigenvalue weighted by Gasteiger charge is -2.23. The van der Waals surface area contributed by atoms with Crippen LogP contribution in [0.1, 0.15) is 34.3 Å². The molecule has 0 aliphatic rings. The van der Waals surface area contributed by atoms with Gasteiger partial charge in [0.15, 0.2) is 0 Å². The number of ether oxygens (including phenoxy) is 1. The van der Waals surface area contributed by atoms with Gasteiger partial charge in [-0.3, -0.25) is 4.79 Å². The molecule has 0 bridgehead atoms. The number of benzene rings is 2. The van der Waals surface area contributed by atoms with Crippen molar-refractivity contribution in [2.75, 3.05) is 25.1 Å². The molecule has 1 amide bonds. The molecule has 2 rings (SSSR count). The van der Waals surface area contributed by atoms with Gasteiger partial charge in [-0.15, -0.1) is 0 Å². The average molecular weight is 389 g/mol. The van der Waals surface area contributed by atoms with E-state index in [0.29, 0.717) is 42.8 Å². The van der Waals surface area contributed by atoms with E-state index >= 15 is 0 Å². The summed E-state index contributed by atoms with van der Waals surface area (Å²) in [6.07, 6.45) is 2.24. The lowest BCUT2D eigenvalue weighted by molar-refractivity contribution is 0.0955. The second kappa shape index (κ2) is 11.1. The van der Waals surface area contributed by atoms with E-state index in [1.165, 1.54) is 6.21 Å². The first-order chi connectivity index (χ1) is 14.1. The van der Waals surface area contributed by atoms with Crippen molar-refractivity contribution in [1.29, 1.82) is 10.5 Å². The van der Waals surface area contributed by atoms with Gasteiger partial charge in [0, 0.05) is 36.0 Å². The highest BCUT2D eigenvalue weighted by atomic mass is 16.5. The van der Waals surface area contributed by atoms with E-state index in [0.717, 1.165) is 11.3 Å². The first-order valence-corrected chi connectivity index (χ1v) is 9.16. The molecule has 0 fully saturated rings. The van der Waals surface area contributed by atoms with E-state index < -0.39 is 0 Å². The molecule has 0 atom stereocenters. The van der Waals surface area contributed by atoms with Crippen LogP contribution >= 0.6 is 0 Å². The van der Waals surface area contributed by atoms with E-state index in [2.05, 4.69) is 22.7 Å². The molecule has 0 aromatic heterocycles. The van der Waals surface area contributed by atoms with Crippen molar-refractivity contribution in [3.8, 4) is 17.9 Å². The molecule has 0 heterocycles. The molecule has 1 N–H and O–H groups in total. The number of nitriles is 2. The van der Waals surface area contributed by atoms with Crippen LogP contribution in [-0.2, 0) is 0 Å². The van der Waals surface area contributed by atoms with Gasteiger partial charge in [0.05, 0.1) is 38.3 Å². The van der Waals surface area contributed by atoms with Crippen molar-refractivity contribution in [3.63, 3.8) is 0 Å². The number of carbonyl (C=O) groups is 1. The smallest absolute Gasteiger partial charge is 0.271 e. The second-order valence-corrected chi connectivity index (χ2v) is 6.29. The molecule has 0 aliphatic carbocycles. The molecule has 0 aliphatic heterocycles. The van der Waals surface area contributed by atoms with Crippen LogP contribution in [-0.4, -0.2) is 32.3 Å². The maximum absolute atomic E-state index is 12.1. The Balaban J connectivity index is 2.11. The van der Waals surface area contributed by atoms with Crippen LogP contribution in [0.25, 0.3) is 0 Å². The number of amides is 1. The van der Waals surface area contributed by atoms with E-state index in [9.17, 15) is 4.79 Å². The predicted octanol–water partition coefficient (Wildman–Crippen LogP) is 3.40. The maximum Gasteiger partial charge on any atom is 0.271 e. The van der Waals surface area contributed by atoms with Gasteiger partial charge >= 0.3 is 0 Å². The van der Waals surface area contributed by atoms with Gasteiger partial charge in [-0.2, -0.15) is 15.6 Å². The number of nitrogens with zero attached hydrogens (tertiary/aromatic N) is 4. The summed E-state index contributed by atoms with van der Waals surface area (Å²) in [7, 11) is 1.55. The summed E-state index contributed by atoms with van der Waals surface area (Å²) in [5, 5.41) is 21.7. The van der Waals surface area contributed by atoms with Gasteiger partial charge in [0.1, 0.15) is 5.75 Å². The summed E-state index contributed by atoms with van der Waals surface area (Å²) in [6, 6.07) is 17.0. The number of hydrogen-bond acceptors (Lipinski definition) is 6. The highest BCUT2D eigenvalue weighted by Crippen LogP contribution is 2.25. The van der Waals surface area contributed by atoms with Gasteiger partial charge in [-0.1, -0.05) is 17.7 Å². The third-order valence-corrected chi connectivity index (χ3v) is 4.25. The second-order valence-electron chi connectivity index (χ2n) is 6.29. The molecule has 0 saturated heterocycles. The maximum atomic E-state index is 12.1. The van der Waals surface area contributed by atoms with E-state index in [1.54, 1.807) is 19.2 Å². The number of anilines is 1. The Kier molecular flexibility index (Phi) is 8.22. The van der Waals surface area contributed by atoms with Crippen molar-refractivity contribution < 1.29 is 9.53 Å². The fraction of sp³-hybridized carbons (Fsp3) is 0.273. The minimum absolute atomic E-state index is 0.295. The van der Waals surface area contributed by atoms with Crippen molar-refractivity contribution in [2.45, 2.75) is 19.8 Å². The molecule has 7 heteroatoms. The Morgan fingerprint density at radius 1 is 1.14 bits per heavy atom. The lowest BCUT2D eigenvalue weighted by atomic mass is 10.1. The lowest BCUT2D eigenvalue weighted by Crippen LogP contribution is -2.25. The molecule has 148 valence electrons. The molecule has 0 radical (unpaired) electrons. The average Bonchev–Trinajstić information content (AvgIpc) is 2.74. The van der Waals surface area contributed by atoms with Gasteiger partial charge in [-0.25, -0.2) is 5.43 Å². The van der Waals surface area contributed by atoms with Crippen LogP contribution in [0.3, 0.4) is 0 Å². The van der Waals surface area contributed by atoms with Crippen LogP contribution in [0.5, 0.6) is 5.75 Å². The van der Waals surface area contributed by atoms with Crippen LogP contribution in [0.4, 0.5) is 5.69 Å². The normalized spacial score (nSPS) is 10.2. The van der Waals surface area contributed by atoms with Crippen molar-refractivity contribution in [3.05, 3.63) is 59.2 Å². The largest absolute Gasteiger partial charge is 0.496 e. The molecule has 0 saturated carbocycles. The zero-order chi connectivity index (χ0) is 21.1. The van der Waals surface area contributed by atoms with Gasteiger partial charge < -0.3 is 9.64 Å². The first-order valence-electron chi connectivity index (χ1n) is 9.16. The quantitative estimate of drug-likeness (QED) is 0.523. The fourth-order valence-electron chi connectivity index (χ4n) is 2.67. The standard InChI is InChI=1S/C22H23N5O2/c1-17-5-7-18(8-6-17)22(28)26-25-16-19-9-10-20(15-21(19)29-2)27(13-3-11-23)14-4-12-24/h5-10,15-16H,3-4,13-14H2,1-2H3,(H,26,28). The Bertz CT molecular complexity index is 921. The number of nitrogens with one attached hydrogen (secondary N) is 1. The number of hydrazone groups is 1. The molecule has 7 nitrogen and oxygen atoms in total. The Morgan fingerprint density at radius 3 is 2.38 bits per heavy atom. The number of rotatable bonds is 9. The van der Waals surface area contributed by atoms with Crippen molar-refractivity contribution in [1.82, 2.24) is 5.43 Å². The third-order valence-electron chi connectivity index (χ3n) is 4.25. The fourth-order valence-corrected chi connectivity index (χ4v) is 2.67. The number of hydrogen-bond donors (Lipinski definition) is 1. The van der Waals surface area contributed by atoms with Crippen LogP contribution in [0.15, 0.2) is 47.6 Å². The van der Waals surface area contributed by atoms with Crippen LogP contribution in [0.2, 0.25) is 0 Å². The van der Waals surface area contributed by atoms with Crippen LogP contribution in [0, 0.1) is 29.6 Å². The molecule has 0 spiro atoms. The Labute approximate surface area is 170 Å². The highest BCUT2D eigenvalue weighted by molar-refractivity contribution is 5.95. The number of carbonyl (C=O) groups excluding carboxylic acids is 1. The summed E-state index contributed by atoms with van der Waals surface area (Å²) in [5.74, 6) is 0.283. The SMILES string of the molecule is COc1cc(N(CCC#N)CCC#N)ccc1C=NNC(=O)c1ccc(C)cc1. The summed E-state index contributed by atoms with van der Waals surface area (Å²) in [4.78, 5) is 14.1. The van der Waals surface area contributed by atoms with Gasteiger partial charge in [0.2, 0.25) is 0 Å². The van der Waals surface area contributed by atoms with E-state index in [1.807, 2.05) is 42.2 Å². The molecule has 2 aromatic carbocycles. The van der Waals surface area contributed by atoms with Crippen LogP contribution < -0.4 is 15.1 Å². The van der Waals surface area contributed by atoms with Gasteiger partial charge in [-0.05, 0) is 31.2 Å². The molecular weight excluding hydrogens is 366 g/mol. The molecule has 2 aromatic rings. The molecule has 0 unspecified atom stereocenters. The number of aryl methyl sites for hydroxylation is 1. The van der Waals surface area contributed by atoms with E-state index in [-0.39, 0.29) is 5.91 Å². The molecular formula is C22H23N5O2. The minimum atomic E-state index is -0.295. The number of methoxy groups -OCH3 is 1. The van der Waals surface area contributed by atoms with Crippen molar-refractivity contribution in [2.24, 2.45) is 5.10 Å². The predicted molar refractivity (Wildman–Crippen MR) is 112 cm³/mol. The zero-order valence-corrected chi connectivity index (χ0v) is 16.6. The summed E-state index contributed by atoms with van der Waals surface area (Å²) < 4.78 is 5.44. The molecule has 29 heavy (non-hydrogen) atoms. The zero-order valence-electron chi connectivity index (χ0n) is 16.6. The third kappa shape index (κ3) is 6.37. The van der Waals surface area contributed by atoms with Gasteiger partial charge in [0.25, 0.3) is 5.91 Å². The van der Waals surface area contributed by atoms with E-state index in [4.69, 9.17) is 15.3 Å². The summed E-state index contributed by atoms with van der Waals surface area (Å²) >= 11 is 0. The monoisotopic (exact) mass is 389 g/mol. The minimum Gasteiger partial charge on any atom is -0.496 e. The van der Waals surface area contributed by atoms with Crippen molar-refractivity contribution >= 4 is 17.8 Å². The first kappa shape index (κ1) is 21.5. The topological polar surface area (TPSA) is 102 Å². The summed E-state index contributed by atoms with van der Waals surface area (Å²) in [6.45, 7) is 3.01. The Hall–Kier alpha value is -3.84.